The van der Waals surface area contributed by atoms with Gasteiger partial charge in [0.2, 0.25) is 0 Å². The Kier molecular flexibility index (Phi) is 6.38. The standard InChI is InChI=1S/C13H19N3O3/c1-19-12(17)11(16-13(18)15-8-7-14)9-10-5-3-2-4-6-10/h2-6,11H,7-9,14H2,1H3,(H2,15,16,18)/t11-/m0/s1. The molecule has 0 aliphatic heterocycles. The number of ether oxygens (including phenoxy) is 1. The lowest BCUT2D eigenvalue weighted by molar-refractivity contribution is -0.142. The summed E-state index contributed by atoms with van der Waals surface area (Å²) >= 11 is 0. The molecule has 6 heteroatoms. The molecular weight excluding hydrogens is 246 g/mol. The lowest BCUT2D eigenvalue weighted by Gasteiger charge is -2.16. The minimum absolute atomic E-state index is 0.342. The molecule has 0 aliphatic carbocycles. The van der Waals surface area contributed by atoms with Gasteiger partial charge in [0, 0.05) is 19.5 Å². The van der Waals surface area contributed by atoms with Gasteiger partial charge in [-0.3, -0.25) is 0 Å². The van der Waals surface area contributed by atoms with E-state index in [9.17, 15) is 9.59 Å². The number of carbonyl (C=O) groups excluding carboxylic acids is 2. The highest BCUT2D eigenvalue weighted by Crippen LogP contribution is 2.04. The van der Waals surface area contributed by atoms with E-state index in [1.165, 1.54) is 7.11 Å². The molecule has 0 unspecified atom stereocenters. The molecule has 0 saturated heterocycles. The fraction of sp³-hybridized carbons (Fsp3) is 0.385. The average Bonchev–Trinajstić information content (AvgIpc) is 2.44. The molecule has 1 atom stereocenters. The topological polar surface area (TPSA) is 93.4 Å². The summed E-state index contributed by atoms with van der Waals surface area (Å²) in [4.78, 5) is 23.2. The number of amides is 2. The van der Waals surface area contributed by atoms with E-state index >= 15 is 0 Å². The summed E-state index contributed by atoms with van der Waals surface area (Å²) in [5, 5.41) is 5.12. The molecule has 0 saturated carbocycles. The van der Waals surface area contributed by atoms with Crippen LogP contribution in [-0.4, -0.2) is 38.2 Å². The zero-order valence-electron chi connectivity index (χ0n) is 10.9. The Morgan fingerprint density at radius 2 is 2.00 bits per heavy atom. The smallest absolute Gasteiger partial charge is 0.328 e. The SMILES string of the molecule is COC(=O)[C@H](Cc1ccccc1)NC(=O)NCCN. The van der Waals surface area contributed by atoms with Crippen LogP contribution in [0.25, 0.3) is 0 Å². The van der Waals surface area contributed by atoms with Crippen LogP contribution in [0.4, 0.5) is 4.79 Å². The predicted molar refractivity (Wildman–Crippen MR) is 71.5 cm³/mol. The minimum Gasteiger partial charge on any atom is -0.467 e. The second-order valence-corrected chi connectivity index (χ2v) is 3.95. The number of carbonyl (C=O) groups is 2. The number of rotatable bonds is 6. The fourth-order valence-corrected chi connectivity index (χ4v) is 1.58. The highest BCUT2D eigenvalue weighted by Gasteiger charge is 2.21. The van der Waals surface area contributed by atoms with Crippen LogP contribution in [0.5, 0.6) is 0 Å². The van der Waals surface area contributed by atoms with Gasteiger partial charge in [-0.25, -0.2) is 9.59 Å². The number of nitrogens with one attached hydrogen (secondary N) is 2. The Labute approximate surface area is 112 Å². The molecule has 4 N–H and O–H groups in total. The Balaban J connectivity index is 2.62. The number of esters is 1. The van der Waals surface area contributed by atoms with E-state index in [4.69, 9.17) is 5.73 Å². The Morgan fingerprint density at radius 3 is 2.58 bits per heavy atom. The van der Waals surface area contributed by atoms with E-state index < -0.39 is 18.0 Å². The number of benzene rings is 1. The van der Waals surface area contributed by atoms with Crippen molar-refractivity contribution in [3.63, 3.8) is 0 Å². The molecule has 104 valence electrons. The van der Waals surface area contributed by atoms with Crippen molar-refractivity contribution < 1.29 is 14.3 Å². The molecule has 0 aromatic heterocycles. The highest BCUT2D eigenvalue weighted by atomic mass is 16.5. The summed E-state index contributed by atoms with van der Waals surface area (Å²) < 4.78 is 4.68. The van der Waals surface area contributed by atoms with Crippen LogP contribution in [0.2, 0.25) is 0 Å². The second kappa shape index (κ2) is 8.10. The summed E-state index contributed by atoms with van der Waals surface area (Å²) in [7, 11) is 1.29. The molecule has 0 bridgehead atoms. The van der Waals surface area contributed by atoms with Gasteiger partial charge in [-0.05, 0) is 5.56 Å². The molecular formula is C13H19N3O3. The molecule has 1 rings (SSSR count). The quantitative estimate of drug-likeness (QED) is 0.632. The Bertz CT molecular complexity index is 409. The molecule has 0 radical (unpaired) electrons. The first-order valence-corrected chi connectivity index (χ1v) is 6.03. The summed E-state index contributed by atoms with van der Waals surface area (Å²) in [5.41, 5.74) is 6.22. The van der Waals surface area contributed by atoms with Gasteiger partial charge in [0.25, 0.3) is 0 Å². The van der Waals surface area contributed by atoms with Crippen molar-refractivity contribution in [2.24, 2.45) is 5.73 Å². The third kappa shape index (κ3) is 5.39. The molecule has 0 aliphatic rings. The van der Waals surface area contributed by atoms with Crippen LogP contribution in [0.1, 0.15) is 5.56 Å². The van der Waals surface area contributed by atoms with Crippen molar-refractivity contribution in [1.29, 1.82) is 0 Å². The van der Waals surface area contributed by atoms with Crippen LogP contribution in [-0.2, 0) is 16.0 Å². The van der Waals surface area contributed by atoms with E-state index in [1.54, 1.807) is 0 Å². The fourth-order valence-electron chi connectivity index (χ4n) is 1.58. The molecule has 2 amide bonds. The van der Waals surface area contributed by atoms with Gasteiger partial charge >= 0.3 is 12.0 Å². The normalized spacial score (nSPS) is 11.5. The van der Waals surface area contributed by atoms with Crippen molar-refractivity contribution in [3.8, 4) is 0 Å². The van der Waals surface area contributed by atoms with Gasteiger partial charge in [-0.15, -0.1) is 0 Å². The van der Waals surface area contributed by atoms with Crippen molar-refractivity contribution in [2.45, 2.75) is 12.5 Å². The van der Waals surface area contributed by atoms with Crippen LogP contribution in [0.15, 0.2) is 30.3 Å². The first-order chi connectivity index (χ1) is 9.17. The number of nitrogens with two attached hydrogens (primary N) is 1. The van der Waals surface area contributed by atoms with Gasteiger partial charge in [-0.1, -0.05) is 30.3 Å². The molecule has 6 nitrogen and oxygen atoms in total. The van der Waals surface area contributed by atoms with Crippen molar-refractivity contribution >= 4 is 12.0 Å². The van der Waals surface area contributed by atoms with Gasteiger partial charge < -0.3 is 21.1 Å². The molecule has 0 heterocycles. The maximum absolute atomic E-state index is 11.6. The third-order valence-electron chi connectivity index (χ3n) is 2.50. The van der Waals surface area contributed by atoms with Crippen molar-refractivity contribution in [1.82, 2.24) is 10.6 Å². The average molecular weight is 265 g/mol. The summed E-state index contributed by atoms with van der Waals surface area (Å²) in [6.45, 7) is 0.695. The molecule has 0 spiro atoms. The molecule has 0 fully saturated rings. The Morgan fingerprint density at radius 1 is 1.32 bits per heavy atom. The van der Waals surface area contributed by atoms with Crippen LogP contribution in [0, 0.1) is 0 Å². The van der Waals surface area contributed by atoms with E-state index in [0.717, 1.165) is 5.56 Å². The van der Waals surface area contributed by atoms with Gasteiger partial charge in [-0.2, -0.15) is 0 Å². The van der Waals surface area contributed by atoms with Crippen molar-refractivity contribution in [3.05, 3.63) is 35.9 Å². The summed E-state index contributed by atoms with van der Waals surface area (Å²) in [5.74, 6) is -0.480. The number of hydrogen-bond acceptors (Lipinski definition) is 4. The molecule has 1 aromatic carbocycles. The molecule has 19 heavy (non-hydrogen) atoms. The molecule has 1 aromatic rings. The van der Waals surface area contributed by atoms with Crippen LogP contribution < -0.4 is 16.4 Å². The van der Waals surface area contributed by atoms with Gasteiger partial charge in [0.05, 0.1) is 7.11 Å². The van der Waals surface area contributed by atoms with Crippen LogP contribution >= 0.6 is 0 Å². The van der Waals surface area contributed by atoms with E-state index in [0.29, 0.717) is 19.5 Å². The highest BCUT2D eigenvalue weighted by molar-refractivity contribution is 5.83. The Hall–Kier alpha value is -2.08. The maximum atomic E-state index is 11.6. The third-order valence-corrected chi connectivity index (χ3v) is 2.50. The largest absolute Gasteiger partial charge is 0.467 e. The van der Waals surface area contributed by atoms with Gasteiger partial charge in [0.1, 0.15) is 6.04 Å². The maximum Gasteiger partial charge on any atom is 0.328 e. The summed E-state index contributed by atoms with van der Waals surface area (Å²) in [6, 6.07) is 8.25. The van der Waals surface area contributed by atoms with E-state index in [2.05, 4.69) is 15.4 Å². The van der Waals surface area contributed by atoms with Crippen molar-refractivity contribution in [2.75, 3.05) is 20.2 Å². The zero-order chi connectivity index (χ0) is 14.1. The summed E-state index contributed by atoms with van der Waals surface area (Å²) in [6.07, 6.45) is 0.379. The lowest BCUT2D eigenvalue weighted by atomic mass is 10.1. The van der Waals surface area contributed by atoms with E-state index in [1.807, 2.05) is 30.3 Å². The van der Waals surface area contributed by atoms with E-state index in [-0.39, 0.29) is 0 Å². The zero-order valence-corrected chi connectivity index (χ0v) is 10.9. The first kappa shape index (κ1) is 15.0. The predicted octanol–water partition coefficient (Wildman–Crippen LogP) is 0.0286. The first-order valence-electron chi connectivity index (χ1n) is 6.03. The van der Waals surface area contributed by atoms with Crippen LogP contribution in [0.3, 0.4) is 0 Å². The number of urea groups is 1. The minimum atomic E-state index is -0.717. The number of methoxy groups -OCH3 is 1. The number of hydrogen-bond donors (Lipinski definition) is 3. The lowest BCUT2D eigenvalue weighted by Crippen LogP contribution is -2.48. The second-order valence-electron chi connectivity index (χ2n) is 3.95. The monoisotopic (exact) mass is 265 g/mol. The van der Waals surface area contributed by atoms with Gasteiger partial charge in [0.15, 0.2) is 0 Å².